The molecule has 152 valence electrons. The Kier molecular flexibility index (Phi) is 11.9. The Balaban J connectivity index is 1.33. The lowest BCUT2D eigenvalue weighted by molar-refractivity contribution is 0.0614. The van der Waals surface area contributed by atoms with E-state index in [2.05, 4.69) is 0 Å². The van der Waals surface area contributed by atoms with E-state index in [0.717, 1.165) is 11.5 Å². The van der Waals surface area contributed by atoms with Gasteiger partial charge in [0.2, 0.25) is 0 Å². The summed E-state index contributed by atoms with van der Waals surface area (Å²) in [7, 11) is -2.17. The smallest absolute Gasteiger partial charge is 0.491 e. The minimum absolute atomic E-state index is 0.187. The summed E-state index contributed by atoms with van der Waals surface area (Å²) in [5, 5.41) is 0. The van der Waals surface area contributed by atoms with Crippen molar-refractivity contribution >= 4 is 8.25 Å². The summed E-state index contributed by atoms with van der Waals surface area (Å²) in [6.45, 7) is 2.74. The molecule has 0 radical (unpaired) electrons. The number of ether oxygens (including phenoxy) is 4. The van der Waals surface area contributed by atoms with Crippen molar-refractivity contribution in [2.45, 2.75) is 0 Å². The van der Waals surface area contributed by atoms with E-state index < -0.39 is 8.25 Å². The molecule has 0 spiro atoms. The quantitative estimate of drug-likeness (QED) is 0.308. The largest absolute Gasteiger partial charge is 0.697 e. The van der Waals surface area contributed by atoms with Crippen molar-refractivity contribution in [3.05, 3.63) is 60.7 Å². The van der Waals surface area contributed by atoms with E-state index in [-0.39, 0.29) is 13.2 Å². The lowest BCUT2D eigenvalue weighted by atomic mass is 10.3. The van der Waals surface area contributed by atoms with E-state index in [9.17, 15) is 4.57 Å². The molecule has 8 heteroatoms. The standard InChI is InChI=1S/C20H26O7P/c21-28(26-17-13-22-11-15-24-19-7-3-1-4-8-19)27-18-14-23-12-16-25-20-9-5-2-6-10-20/h1-10H,11-18H2/q+1. The fourth-order valence-corrected chi connectivity index (χ4v) is 2.57. The third-order valence-electron chi connectivity index (χ3n) is 3.33. The van der Waals surface area contributed by atoms with E-state index in [4.69, 9.17) is 28.0 Å². The number of hydrogen-bond acceptors (Lipinski definition) is 7. The fraction of sp³-hybridized carbons (Fsp3) is 0.400. The first-order valence-electron chi connectivity index (χ1n) is 9.09. The first-order chi connectivity index (χ1) is 13.8. The van der Waals surface area contributed by atoms with Gasteiger partial charge in [-0.25, -0.2) is 0 Å². The van der Waals surface area contributed by atoms with Crippen LogP contribution in [0.5, 0.6) is 11.5 Å². The van der Waals surface area contributed by atoms with Gasteiger partial charge in [-0.1, -0.05) is 36.4 Å². The van der Waals surface area contributed by atoms with Gasteiger partial charge in [-0.2, -0.15) is 0 Å². The van der Waals surface area contributed by atoms with E-state index in [1.165, 1.54) is 0 Å². The normalized spacial score (nSPS) is 10.6. The minimum Gasteiger partial charge on any atom is -0.491 e. The van der Waals surface area contributed by atoms with Gasteiger partial charge in [-0.15, -0.1) is 9.05 Å². The Hall–Kier alpha value is -2.02. The Labute approximate surface area is 166 Å². The van der Waals surface area contributed by atoms with Crippen LogP contribution in [-0.4, -0.2) is 52.9 Å². The summed E-state index contributed by atoms with van der Waals surface area (Å²) in [4.78, 5) is 0. The zero-order chi connectivity index (χ0) is 19.7. The molecule has 2 aromatic carbocycles. The molecule has 0 aromatic heterocycles. The van der Waals surface area contributed by atoms with E-state index in [1.54, 1.807) is 0 Å². The maximum Gasteiger partial charge on any atom is 0.697 e. The van der Waals surface area contributed by atoms with Crippen LogP contribution in [-0.2, 0) is 23.1 Å². The molecule has 0 amide bonds. The van der Waals surface area contributed by atoms with Gasteiger partial charge in [0.15, 0.2) is 0 Å². The average Bonchev–Trinajstić information content (AvgIpc) is 2.74. The Morgan fingerprint density at radius 3 is 1.36 bits per heavy atom. The van der Waals surface area contributed by atoms with Gasteiger partial charge in [-0.3, -0.25) is 0 Å². The Morgan fingerprint density at radius 1 is 0.536 bits per heavy atom. The fourth-order valence-electron chi connectivity index (χ4n) is 2.05. The molecule has 0 saturated carbocycles. The maximum atomic E-state index is 11.5. The number of rotatable bonds is 16. The number of benzene rings is 2. The highest BCUT2D eigenvalue weighted by atomic mass is 31.1. The van der Waals surface area contributed by atoms with Crippen molar-refractivity contribution < 1.29 is 32.6 Å². The summed E-state index contributed by atoms with van der Waals surface area (Å²) in [5.41, 5.74) is 0. The first-order valence-corrected chi connectivity index (χ1v) is 10.2. The molecule has 0 bridgehead atoms. The molecule has 0 heterocycles. The second kappa shape index (κ2) is 15.0. The Bertz CT molecular complexity index is 584. The highest BCUT2D eigenvalue weighted by Crippen LogP contribution is 2.22. The van der Waals surface area contributed by atoms with Crippen LogP contribution in [0, 0.1) is 0 Å². The zero-order valence-electron chi connectivity index (χ0n) is 15.7. The average molecular weight is 409 g/mol. The second-order valence-corrected chi connectivity index (χ2v) is 6.40. The van der Waals surface area contributed by atoms with E-state index in [0.29, 0.717) is 39.6 Å². The molecular weight excluding hydrogens is 383 g/mol. The molecule has 2 rings (SSSR count). The monoisotopic (exact) mass is 409 g/mol. The molecular formula is C20H26O7P+. The molecule has 0 aliphatic carbocycles. The van der Waals surface area contributed by atoms with E-state index in [1.807, 2.05) is 60.7 Å². The summed E-state index contributed by atoms with van der Waals surface area (Å²) in [5.74, 6) is 1.60. The van der Waals surface area contributed by atoms with Crippen molar-refractivity contribution in [2.24, 2.45) is 0 Å². The van der Waals surface area contributed by atoms with Gasteiger partial charge in [0, 0.05) is 4.57 Å². The topological polar surface area (TPSA) is 72.5 Å². The summed E-state index contributed by atoms with van der Waals surface area (Å²) < 4.78 is 43.2. The van der Waals surface area contributed by atoms with Crippen LogP contribution in [0.4, 0.5) is 0 Å². The maximum absolute atomic E-state index is 11.5. The zero-order valence-corrected chi connectivity index (χ0v) is 16.6. The van der Waals surface area contributed by atoms with Crippen molar-refractivity contribution in [2.75, 3.05) is 52.9 Å². The predicted octanol–water partition coefficient (Wildman–Crippen LogP) is 3.87. The molecule has 0 N–H and O–H groups in total. The molecule has 0 aliphatic heterocycles. The lowest BCUT2D eigenvalue weighted by Gasteiger charge is -2.06. The van der Waals surface area contributed by atoms with Gasteiger partial charge < -0.3 is 18.9 Å². The number of hydrogen-bond donors (Lipinski definition) is 0. The third-order valence-corrected chi connectivity index (χ3v) is 4.11. The van der Waals surface area contributed by atoms with Crippen LogP contribution >= 0.6 is 8.25 Å². The van der Waals surface area contributed by atoms with Crippen LogP contribution in [0.3, 0.4) is 0 Å². The molecule has 0 unspecified atom stereocenters. The molecule has 0 atom stereocenters. The molecule has 2 aromatic rings. The molecule has 28 heavy (non-hydrogen) atoms. The summed E-state index contributed by atoms with van der Waals surface area (Å²) in [6.07, 6.45) is 0. The summed E-state index contributed by atoms with van der Waals surface area (Å²) in [6, 6.07) is 19.0. The highest BCUT2D eigenvalue weighted by Gasteiger charge is 2.19. The molecule has 0 saturated heterocycles. The predicted molar refractivity (Wildman–Crippen MR) is 105 cm³/mol. The van der Waals surface area contributed by atoms with Crippen molar-refractivity contribution in [1.82, 2.24) is 0 Å². The van der Waals surface area contributed by atoms with Crippen LogP contribution in [0.15, 0.2) is 60.7 Å². The van der Waals surface area contributed by atoms with Crippen molar-refractivity contribution in [3.8, 4) is 11.5 Å². The van der Waals surface area contributed by atoms with Crippen LogP contribution in [0.1, 0.15) is 0 Å². The Morgan fingerprint density at radius 2 is 0.929 bits per heavy atom. The lowest BCUT2D eigenvalue weighted by Crippen LogP contribution is -2.10. The second-order valence-electron chi connectivity index (χ2n) is 5.44. The van der Waals surface area contributed by atoms with Crippen molar-refractivity contribution in [1.29, 1.82) is 0 Å². The van der Waals surface area contributed by atoms with Crippen LogP contribution in [0.2, 0.25) is 0 Å². The number of para-hydroxylation sites is 2. The van der Waals surface area contributed by atoms with Crippen LogP contribution in [0.25, 0.3) is 0 Å². The first kappa shape index (κ1) is 22.3. The van der Waals surface area contributed by atoms with Gasteiger partial charge in [-0.05, 0) is 24.3 Å². The molecule has 0 aliphatic rings. The van der Waals surface area contributed by atoms with Crippen LogP contribution < -0.4 is 9.47 Å². The van der Waals surface area contributed by atoms with Crippen molar-refractivity contribution in [3.63, 3.8) is 0 Å². The molecule has 0 fully saturated rings. The van der Waals surface area contributed by atoms with E-state index >= 15 is 0 Å². The minimum atomic E-state index is -2.17. The van der Waals surface area contributed by atoms with Gasteiger partial charge in [0.05, 0.1) is 26.4 Å². The van der Waals surface area contributed by atoms with Gasteiger partial charge in [0.25, 0.3) is 0 Å². The SMILES string of the molecule is O=[P+](OCCOCCOc1ccccc1)OCCOCCOc1ccccc1. The third kappa shape index (κ3) is 11.0. The summed E-state index contributed by atoms with van der Waals surface area (Å²) >= 11 is 0. The van der Waals surface area contributed by atoms with Gasteiger partial charge >= 0.3 is 8.25 Å². The highest BCUT2D eigenvalue weighted by molar-refractivity contribution is 7.33. The molecule has 7 nitrogen and oxygen atoms in total. The van der Waals surface area contributed by atoms with Gasteiger partial charge in [0.1, 0.15) is 37.9 Å².